The van der Waals surface area contributed by atoms with Gasteiger partial charge in [0.2, 0.25) is 0 Å². The summed E-state index contributed by atoms with van der Waals surface area (Å²) in [6.45, 7) is 5.24. The normalized spacial score (nSPS) is 17.5. The van der Waals surface area contributed by atoms with Crippen LogP contribution in [0, 0.1) is 6.92 Å². The van der Waals surface area contributed by atoms with E-state index in [1.54, 1.807) is 7.11 Å². The van der Waals surface area contributed by atoms with Crippen molar-refractivity contribution in [1.82, 2.24) is 9.47 Å². The molecule has 0 aliphatic carbocycles. The number of benzene rings is 2. The summed E-state index contributed by atoms with van der Waals surface area (Å²) in [7, 11) is 1.76. The van der Waals surface area contributed by atoms with E-state index in [0.717, 1.165) is 31.8 Å². The zero-order valence-electron chi connectivity index (χ0n) is 15.6. The molecule has 2 heterocycles. The molecular formula is C23H26N2O. The first-order valence-electron chi connectivity index (χ1n) is 9.34. The highest BCUT2D eigenvalue weighted by Crippen LogP contribution is 2.37. The summed E-state index contributed by atoms with van der Waals surface area (Å²) in [5.41, 5.74) is 5.27. The van der Waals surface area contributed by atoms with Crippen LogP contribution >= 0.6 is 0 Å². The van der Waals surface area contributed by atoms with Crippen LogP contribution < -0.4 is 4.74 Å². The standard InChI is InChI=1S/C23H26N2O/c1-18-8-5-9-19(16-18)17-25-15-7-14-24-13-6-11-21(24)23(25)20-10-3-4-12-22(20)26-2/h3-6,8-13,16,23H,7,14-15,17H2,1-2H3/t23-/m1/s1. The number of rotatable bonds is 4. The molecule has 0 saturated carbocycles. The number of hydrogen-bond donors (Lipinski definition) is 0. The van der Waals surface area contributed by atoms with Gasteiger partial charge in [0.1, 0.15) is 5.75 Å². The average Bonchev–Trinajstić information content (AvgIpc) is 3.04. The molecule has 0 unspecified atom stereocenters. The molecular weight excluding hydrogens is 320 g/mol. The van der Waals surface area contributed by atoms with Crippen molar-refractivity contribution in [3.05, 3.63) is 89.2 Å². The molecule has 0 amide bonds. The molecule has 4 rings (SSSR count). The topological polar surface area (TPSA) is 17.4 Å². The zero-order valence-corrected chi connectivity index (χ0v) is 15.6. The molecule has 0 saturated heterocycles. The van der Waals surface area contributed by atoms with Crippen LogP contribution in [0.15, 0.2) is 66.9 Å². The molecule has 0 spiro atoms. The molecule has 0 N–H and O–H groups in total. The second-order valence-electron chi connectivity index (χ2n) is 7.08. The summed E-state index contributed by atoms with van der Waals surface area (Å²) in [6.07, 6.45) is 3.35. The van der Waals surface area contributed by atoms with Crippen molar-refractivity contribution in [2.24, 2.45) is 0 Å². The number of fused-ring (bicyclic) bond motifs is 1. The fourth-order valence-electron chi connectivity index (χ4n) is 4.10. The van der Waals surface area contributed by atoms with Gasteiger partial charge in [-0.15, -0.1) is 0 Å². The molecule has 3 nitrogen and oxygen atoms in total. The maximum Gasteiger partial charge on any atom is 0.124 e. The number of hydrogen-bond acceptors (Lipinski definition) is 2. The van der Waals surface area contributed by atoms with Gasteiger partial charge < -0.3 is 9.30 Å². The quantitative estimate of drug-likeness (QED) is 0.675. The van der Waals surface area contributed by atoms with E-state index in [1.807, 2.05) is 6.07 Å². The van der Waals surface area contributed by atoms with Gasteiger partial charge in [-0.05, 0) is 37.1 Å². The molecule has 0 fully saturated rings. The van der Waals surface area contributed by atoms with E-state index in [9.17, 15) is 0 Å². The van der Waals surface area contributed by atoms with Crippen molar-refractivity contribution in [3.8, 4) is 5.75 Å². The van der Waals surface area contributed by atoms with Crippen molar-refractivity contribution < 1.29 is 4.74 Å². The SMILES string of the molecule is COc1ccccc1[C@@H]1c2cccn2CCCN1Cc1cccc(C)c1. The first-order chi connectivity index (χ1) is 12.8. The summed E-state index contributed by atoms with van der Waals surface area (Å²) < 4.78 is 8.11. The first kappa shape index (κ1) is 16.9. The summed E-state index contributed by atoms with van der Waals surface area (Å²) in [5, 5.41) is 0. The van der Waals surface area contributed by atoms with Crippen molar-refractivity contribution in [2.75, 3.05) is 13.7 Å². The molecule has 26 heavy (non-hydrogen) atoms. The number of methoxy groups -OCH3 is 1. The highest BCUT2D eigenvalue weighted by Gasteiger charge is 2.29. The van der Waals surface area contributed by atoms with Crippen LogP contribution in [-0.2, 0) is 13.1 Å². The Hall–Kier alpha value is -2.52. The highest BCUT2D eigenvalue weighted by molar-refractivity contribution is 5.41. The lowest BCUT2D eigenvalue weighted by Gasteiger charge is -2.31. The third-order valence-electron chi connectivity index (χ3n) is 5.26. The Bertz CT molecular complexity index is 883. The molecule has 1 aliphatic heterocycles. The Morgan fingerprint density at radius 3 is 2.73 bits per heavy atom. The highest BCUT2D eigenvalue weighted by atomic mass is 16.5. The van der Waals surface area contributed by atoms with Gasteiger partial charge in [0.05, 0.1) is 13.2 Å². The second kappa shape index (κ2) is 7.38. The van der Waals surface area contributed by atoms with Crippen molar-refractivity contribution >= 4 is 0 Å². The molecule has 1 aliphatic rings. The lowest BCUT2D eigenvalue weighted by molar-refractivity contribution is 0.216. The third-order valence-corrected chi connectivity index (χ3v) is 5.26. The summed E-state index contributed by atoms with van der Waals surface area (Å²) in [4.78, 5) is 2.59. The minimum Gasteiger partial charge on any atom is -0.496 e. The number of nitrogens with zero attached hydrogens (tertiary/aromatic N) is 2. The van der Waals surface area contributed by atoms with Gasteiger partial charge in [-0.2, -0.15) is 0 Å². The minimum atomic E-state index is 0.198. The Labute approximate surface area is 155 Å². The predicted molar refractivity (Wildman–Crippen MR) is 105 cm³/mol. The van der Waals surface area contributed by atoms with Gasteiger partial charge in [-0.1, -0.05) is 48.0 Å². The molecule has 2 aromatic carbocycles. The van der Waals surface area contributed by atoms with E-state index >= 15 is 0 Å². The maximum absolute atomic E-state index is 5.71. The zero-order chi connectivity index (χ0) is 17.9. The van der Waals surface area contributed by atoms with Crippen LogP contribution in [-0.4, -0.2) is 23.1 Å². The van der Waals surface area contributed by atoms with Gasteiger partial charge >= 0.3 is 0 Å². The van der Waals surface area contributed by atoms with Gasteiger partial charge in [0, 0.05) is 37.1 Å². The molecule has 134 valence electrons. The van der Waals surface area contributed by atoms with Crippen molar-refractivity contribution in [2.45, 2.75) is 32.5 Å². The third kappa shape index (κ3) is 3.27. The number of para-hydroxylation sites is 1. The van der Waals surface area contributed by atoms with E-state index < -0.39 is 0 Å². The van der Waals surface area contributed by atoms with Crippen LogP contribution in [0.4, 0.5) is 0 Å². The molecule has 3 heteroatoms. The van der Waals surface area contributed by atoms with Gasteiger partial charge in [-0.3, -0.25) is 4.90 Å². The van der Waals surface area contributed by atoms with Crippen molar-refractivity contribution in [3.63, 3.8) is 0 Å². The predicted octanol–water partition coefficient (Wildman–Crippen LogP) is 4.80. The van der Waals surface area contributed by atoms with E-state index in [1.165, 1.54) is 22.4 Å². The minimum absolute atomic E-state index is 0.198. The number of aryl methyl sites for hydroxylation is 2. The van der Waals surface area contributed by atoms with E-state index in [2.05, 4.69) is 77.2 Å². The van der Waals surface area contributed by atoms with Gasteiger partial charge in [-0.25, -0.2) is 0 Å². The Kier molecular flexibility index (Phi) is 4.81. The average molecular weight is 346 g/mol. The second-order valence-corrected chi connectivity index (χ2v) is 7.08. The Balaban J connectivity index is 1.78. The number of ether oxygens (including phenoxy) is 1. The monoisotopic (exact) mass is 346 g/mol. The fourth-order valence-corrected chi connectivity index (χ4v) is 4.10. The fraction of sp³-hybridized carbons (Fsp3) is 0.304. The molecule has 3 aromatic rings. The smallest absolute Gasteiger partial charge is 0.124 e. The van der Waals surface area contributed by atoms with Crippen LogP contribution in [0.25, 0.3) is 0 Å². The van der Waals surface area contributed by atoms with Crippen molar-refractivity contribution in [1.29, 1.82) is 0 Å². The van der Waals surface area contributed by atoms with Gasteiger partial charge in [0.15, 0.2) is 0 Å². The van der Waals surface area contributed by atoms with Crippen LogP contribution in [0.1, 0.15) is 34.8 Å². The van der Waals surface area contributed by atoms with Crippen LogP contribution in [0.2, 0.25) is 0 Å². The number of aromatic nitrogens is 1. The molecule has 1 atom stereocenters. The summed E-state index contributed by atoms with van der Waals surface area (Å²) in [6, 6.07) is 21.9. The largest absolute Gasteiger partial charge is 0.496 e. The molecule has 0 radical (unpaired) electrons. The summed E-state index contributed by atoms with van der Waals surface area (Å²) in [5.74, 6) is 0.960. The Morgan fingerprint density at radius 2 is 1.88 bits per heavy atom. The first-order valence-corrected chi connectivity index (χ1v) is 9.34. The summed E-state index contributed by atoms with van der Waals surface area (Å²) >= 11 is 0. The van der Waals surface area contributed by atoms with E-state index in [-0.39, 0.29) is 6.04 Å². The Morgan fingerprint density at radius 1 is 1.00 bits per heavy atom. The van der Waals surface area contributed by atoms with E-state index in [4.69, 9.17) is 4.74 Å². The molecule has 1 aromatic heterocycles. The molecule has 0 bridgehead atoms. The van der Waals surface area contributed by atoms with Gasteiger partial charge in [0.25, 0.3) is 0 Å². The van der Waals surface area contributed by atoms with Crippen LogP contribution in [0.3, 0.4) is 0 Å². The lowest BCUT2D eigenvalue weighted by Crippen LogP contribution is -2.29. The van der Waals surface area contributed by atoms with E-state index in [0.29, 0.717) is 0 Å². The maximum atomic E-state index is 5.71. The van der Waals surface area contributed by atoms with Crippen LogP contribution in [0.5, 0.6) is 5.75 Å². The lowest BCUT2D eigenvalue weighted by atomic mass is 9.99.